The van der Waals surface area contributed by atoms with Gasteiger partial charge in [-0.2, -0.15) is 0 Å². The smallest absolute Gasteiger partial charge is 0.132 e. The first-order valence-electron chi connectivity index (χ1n) is 9.49. The standard InChI is InChI=1S/C20H27N5/c1-2-5-16(6-3-1)14-25-10-9-22-19-11-20(23-12-17(19)15-25)24-18-7-4-8-21-13-18/h4,7-8,11-13,16,22H,1-3,5-6,9-10,14-15H2,(H,23,24). The van der Waals surface area contributed by atoms with E-state index in [1.54, 1.807) is 6.20 Å². The second-order valence-electron chi connectivity index (χ2n) is 7.26. The molecule has 3 heterocycles. The van der Waals surface area contributed by atoms with Gasteiger partial charge in [0.1, 0.15) is 5.82 Å². The molecule has 2 aromatic heterocycles. The van der Waals surface area contributed by atoms with E-state index < -0.39 is 0 Å². The quantitative estimate of drug-likeness (QED) is 0.882. The monoisotopic (exact) mass is 337 g/mol. The predicted molar refractivity (Wildman–Crippen MR) is 102 cm³/mol. The molecule has 1 fully saturated rings. The van der Waals surface area contributed by atoms with Gasteiger partial charge in [0.15, 0.2) is 0 Å². The van der Waals surface area contributed by atoms with Crippen LogP contribution >= 0.6 is 0 Å². The number of aromatic nitrogens is 2. The minimum absolute atomic E-state index is 0.861. The molecule has 132 valence electrons. The molecule has 2 N–H and O–H groups in total. The molecule has 5 nitrogen and oxygen atoms in total. The van der Waals surface area contributed by atoms with Gasteiger partial charge < -0.3 is 10.6 Å². The summed E-state index contributed by atoms with van der Waals surface area (Å²) in [5, 5.41) is 6.91. The van der Waals surface area contributed by atoms with Crippen molar-refractivity contribution < 1.29 is 0 Å². The highest BCUT2D eigenvalue weighted by atomic mass is 15.2. The number of pyridine rings is 2. The van der Waals surface area contributed by atoms with Gasteiger partial charge in [-0.05, 0) is 30.9 Å². The van der Waals surface area contributed by atoms with Crippen molar-refractivity contribution in [2.45, 2.75) is 38.6 Å². The van der Waals surface area contributed by atoms with Crippen molar-refractivity contribution in [3.63, 3.8) is 0 Å². The van der Waals surface area contributed by atoms with Gasteiger partial charge in [-0.3, -0.25) is 9.88 Å². The van der Waals surface area contributed by atoms with Gasteiger partial charge in [0.25, 0.3) is 0 Å². The third-order valence-corrected chi connectivity index (χ3v) is 5.30. The summed E-state index contributed by atoms with van der Waals surface area (Å²) >= 11 is 0. The van der Waals surface area contributed by atoms with Crippen LogP contribution in [0.25, 0.3) is 0 Å². The summed E-state index contributed by atoms with van der Waals surface area (Å²) in [6.45, 7) is 4.34. The number of rotatable bonds is 4. The summed E-state index contributed by atoms with van der Waals surface area (Å²) in [4.78, 5) is 11.3. The van der Waals surface area contributed by atoms with E-state index in [1.165, 1.54) is 49.9 Å². The molecule has 1 saturated carbocycles. The van der Waals surface area contributed by atoms with E-state index in [4.69, 9.17) is 0 Å². The molecule has 25 heavy (non-hydrogen) atoms. The maximum Gasteiger partial charge on any atom is 0.132 e. The third kappa shape index (κ3) is 4.28. The molecule has 1 aliphatic carbocycles. The molecule has 0 amide bonds. The van der Waals surface area contributed by atoms with Gasteiger partial charge in [-0.1, -0.05) is 19.3 Å². The second-order valence-corrected chi connectivity index (χ2v) is 7.26. The Balaban J connectivity index is 1.43. The minimum Gasteiger partial charge on any atom is -0.383 e. The second kappa shape index (κ2) is 7.83. The van der Waals surface area contributed by atoms with E-state index in [-0.39, 0.29) is 0 Å². The number of nitrogens with one attached hydrogen (secondary N) is 2. The predicted octanol–water partition coefficient (Wildman–Crippen LogP) is 4.03. The Labute approximate surface area is 149 Å². The Kier molecular flexibility index (Phi) is 5.11. The Morgan fingerprint density at radius 2 is 2.12 bits per heavy atom. The fourth-order valence-electron chi connectivity index (χ4n) is 3.99. The zero-order valence-corrected chi connectivity index (χ0v) is 14.7. The summed E-state index contributed by atoms with van der Waals surface area (Å²) < 4.78 is 0. The molecule has 5 heteroatoms. The number of fused-ring (bicyclic) bond motifs is 1. The summed E-state index contributed by atoms with van der Waals surface area (Å²) in [6.07, 6.45) is 12.7. The van der Waals surface area contributed by atoms with Crippen molar-refractivity contribution in [2.75, 3.05) is 30.3 Å². The van der Waals surface area contributed by atoms with Crippen molar-refractivity contribution >= 4 is 17.2 Å². The van der Waals surface area contributed by atoms with E-state index in [1.807, 2.05) is 24.5 Å². The average molecular weight is 337 g/mol. The van der Waals surface area contributed by atoms with Gasteiger partial charge in [-0.25, -0.2) is 4.98 Å². The fourth-order valence-corrected chi connectivity index (χ4v) is 3.99. The van der Waals surface area contributed by atoms with Gasteiger partial charge in [-0.15, -0.1) is 0 Å². The third-order valence-electron chi connectivity index (χ3n) is 5.30. The average Bonchev–Trinajstić information content (AvgIpc) is 2.85. The molecule has 2 aromatic rings. The number of nitrogens with zero attached hydrogens (tertiary/aromatic N) is 3. The molecule has 0 unspecified atom stereocenters. The topological polar surface area (TPSA) is 53.1 Å². The molecule has 2 aliphatic rings. The van der Waals surface area contributed by atoms with Crippen molar-refractivity contribution in [1.82, 2.24) is 14.9 Å². The molecule has 0 spiro atoms. The SMILES string of the molecule is c1cncc(Nc2cc3c(cn2)CN(CC2CCCCC2)CCN3)c1. The molecule has 1 aliphatic heterocycles. The fraction of sp³-hybridized carbons (Fsp3) is 0.500. The lowest BCUT2D eigenvalue weighted by Crippen LogP contribution is -2.32. The van der Waals surface area contributed by atoms with Crippen LogP contribution in [0.5, 0.6) is 0 Å². The number of hydrogen-bond acceptors (Lipinski definition) is 5. The van der Waals surface area contributed by atoms with Crippen LogP contribution in [0, 0.1) is 5.92 Å². The molecule has 0 atom stereocenters. The Morgan fingerprint density at radius 1 is 1.20 bits per heavy atom. The maximum atomic E-state index is 4.60. The normalized spacial score (nSPS) is 18.9. The van der Waals surface area contributed by atoms with Crippen molar-refractivity contribution in [1.29, 1.82) is 0 Å². The molecule has 0 aromatic carbocycles. The largest absolute Gasteiger partial charge is 0.383 e. The lowest BCUT2D eigenvalue weighted by atomic mass is 9.89. The Hall–Kier alpha value is -2.14. The van der Waals surface area contributed by atoms with Crippen molar-refractivity contribution in [3.8, 4) is 0 Å². The van der Waals surface area contributed by atoms with Crippen LogP contribution in [0.1, 0.15) is 37.7 Å². The Bertz CT molecular complexity index is 682. The van der Waals surface area contributed by atoms with Crippen molar-refractivity contribution in [2.24, 2.45) is 5.92 Å². The van der Waals surface area contributed by atoms with Crippen LogP contribution in [-0.2, 0) is 6.54 Å². The molecule has 0 saturated heterocycles. The van der Waals surface area contributed by atoms with E-state index in [2.05, 4.69) is 31.6 Å². The van der Waals surface area contributed by atoms with Crippen LogP contribution in [0.15, 0.2) is 36.8 Å². The maximum absolute atomic E-state index is 4.60. The first-order chi connectivity index (χ1) is 12.4. The highest BCUT2D eigenvalue weighted by Gasteiger charge is 2.20. The summed E-state index contributed by atoms with van der Waals surface area (Å²) in [5.41, 5.74) is 3.46. The molecular formula is C20H27N5. The zero-order chi connectivity index (χ0) is 16.9. The van der Waals surface area contributed by atoms with E-state index >= 15 is 0 Å². The number of anilines is 3. The van der Waals surface area contributed by atoms with Gasteiger partial charge in [0.05, 0.1) is 11.9 Å². The minimum atomic E-state index is 0.861. The summed E-state index contributed by atoms with van der Waals surface area (Å²) in [7, 11) is 0. The van der Waals surface area contributed by atoms with Gasteiger partial charge in [0.2, 0.25) is 0 Å². The first kappa shape index (κ1) is 16.3. The summed E-state index contributed by atoms with van der Waals surface area (Å²) in [6, 6.07) is 6.04. The lowest BCUT2D eigenvalue weighted by Gasteiger charge is -2.28. The van der Waals surface area contributed by atoms with Crippen LogP contribution in [0.4, 0.5) is 17.2 Å². The molecule has 0 bridgehead atoms. The number of hydrogen-bond donors (Lipinski definition) is 2. The van der Waals surface area contributed by atoms with Crippen LogP contribution in [0.3, 0.4) is 0 Å². The van der Waals surface area contributed by atoms with Crippen LogP contribution < -0.4 is 10.6 Å². The molecule has 4 rings (SSSR count). The summed E-state index contributed by atoms with van der Waals surface area (Å²) in [5.74, 6) is 1.75. The first-order valence-corrected chi connectivity index (χ1v) is 9.49. The van der Waals surface area contributed by atoms with E-state index in [9.17, 15) is 0 Å². The highest BCUT2D eigenvalue weighted by molar-refractivity contribution is 5.62. The zero-order valence-electron chi connectivity index (χ0n) is 14.7. The molecular weight excluding hydrogens is 310 g/mol. The van der Waals surface area contributed by atoms with Gasteiger partial charge in [0, 0.05) is 55.9 Å². The van der Waals surface area contributed by atoms with Crippen LogP contribution in [0.2, 0.25) is 0 Å². The van der Waals surface area contributed by atoms with E-state index in [0.29, 0.717) is 0 Å². The Morgan fingerprint density at radius 3 is 2.96 bits per heavy atom. The van der Waals surface area contributed by atoms with E-state index in [0.717, 1.165) is 37.1 Å². The lowest BCUT2D eigenvalue weighted by molar-refractivity contribution is 0.202. The molecule has 0 radical (unpaired) electrons. The van der Waals surface area contributed by atoms with Crippen LogP contribution in [-0.4, -0.2) is 34.5 Å². The van der Waals surface area contributed by atoms with Gasteiger partial charge >= 0.3 is 0 Å². The van der Waals surface area contributed by atoms with Crippen molar-refractivity contribution in [3.05, 3.63) is 42.4 Å². The highest BCUT2D eigenvalue weighted by Crippen LogP contribution is 2.28.